The number of hydrogen-bond donors (Lipinski definition) is 3. The third kappa shape index (κ3) is 7.21. The van der Waals surface area contributed by atoms with Gasteiger partial charge in [-0.3, -0.25) is 15.6 Å². The van der Waals surface area contributed by atoms with E-state index in [0.29, 0.717) is 5.75 Å². The second kappa shape index (κ2) is 11.0. The normalized spacial score (nSPS) is 9.26. The molecule has 2 rings (SSSR count). The van der Waals surface area contributed by atoms with E-state index in [-0.39, 0.29) is 69.0 Å². The van der Waals surface area contributed by atoms with E-state index in [1.165, 1.54) is 0 Å². The van der Waals surface area contributed by atoms with Crippen molar-refractivity contribution in [1.29, 1.82) is 0 Å². The maximum atomic E-state index is 11.5. The average Bonchev–Trinajstić information content (AvgIpc) is 2.59. The Labute approximate surface area is 188 Å². The molecule has 0 fully saturated rings. The molecule has 3 N–H and O–H groups in total. The first-order valence-corrected chi connectivity index (χ1v) is 7.26. The molecule has 0 bridgehead atoms. The molecule has 5 nitrogen and oxygen atoms in total. The van der Waals surface area contributed by atoms with E-state index in [0.717, 1.165) is 11.1 Å². The Morgan fingerprint density at radius 1 is 1.00 bits per heavy atom. The van der Waals surface area contributed by atoms with Crippen LogP contribution in [0.3, 0.4) is 0 Å². The predicted octanol–water partition coefficient (Wildman–Crippen LogP) is -1.31. The number of thiocarbonyl (C=S) groups is 1. The second-order valence-electron chi connectivity index (χ2n) is 4.28. The van der Waals surface area contributed by atoms with Gasteiger partial charge in [0, 0.05) is 0 Å². The van der Waals surface area contributed by atoms with Crippen molar-refractivity contribution in [2.45, 2.75) is 0 Å². The Morgan fingerprint density at radius 2 is 1.61 bits per heavy atom. The van der Waals surface area contributed by atoms with Crippen LogP contribution in [0.1, 0.15) is 0 Å². The molecule has 114 valence electrons. The fraction of sp³-hybridized carbons (Fsp3) is 0.0667. The maximum Gasteiger partial charge on any atom is 1.00 e. The molecule has 0 aliphatic heterocycles. The number of rotatable bonds is 4. The van der Waals surface area contributed by atoms with E-state index in [2.05, 4.69) is 28.4 Å². The van der Waals surface area contributed by atoms with Crippen molar-refractivity contribution in [2.75, 3.05) is 6.61 Å². The molecule has 2 aromatic rings. The van der Waals surface area contributed by atoms with Crippen LogP contribution in [0, 0.1) is 0 Å². The van der Waals surface area contributed by atoms with Gasteiger partial charge in [0.25, 0.3) is 5.91 Å². The van der Waals surface area contributed by atoms with E-state index in [1.807, 2.05) is 54.6 Å². The van der Waals surface area contributed by atoms with Crippen molar-refractivity contribution in [1.82, 2.24) is 15.6 Å². The molecule has 0 heterocycles. The zero-order valence-electron chi connectivity index (χ0n) is 12.5. The Bertz CT molecular complexity index is 639. The first kappa shape index (κ1) is 20.4. The summed E-state index contributed by atoms with van der Waals surface area (Å²) in [6.45, 7) is -0.127. The molecule has 0 atom stereocenters. The van der Waals surface area contributed by atoms with Crippen molar-refractivity contribution in [2.24, 2.45) is 0 Å². The summed E-state index contributed by atoms with van der Waals surface area (Å²) in [5.74, 6) is 0.249. The smallest absolute Gasteiger partial charge is 0.668 e. The summed E-state index contributed by atoms with van der Waals surface area (Å²) >= 11 is 9.21. The van der Waals surface area contributed by atoms with Crippen molar-refractivity contribution in [3.05, 3.63) is 54.6 Å². The molecule has 0 saturated carbocycles. The van der Waals surface area contributed by atoms with Gasteiger partial charge in [0.2, 0.25) is 0 Å². The van der Waals surface area contributed by atoms with Crippen molar-refractivity contribution in [3.63, 3.8) is 0 Å². The zero-order valence-corrected chi connectivity index (χ0v) is 17.3. The van der Waals surface area contributed by atoms with Gasteiger partial charge in [-0.2, -0.15) is 0 Å². The molecule has 0 spiro atoms. The summed E-state index contributed by atoms with van der Waals surface area (Å²) < 4.78 is 7.65. The minimum atomic E-state index is -0.361. The standard InChI is InChI=1S/C15H14N3O2S2.K/c19-14(16-17-15(21)18-22)10-20-13-8-6-12(7-9-13)11-4-2-1-3-5-11;/h1-9H,10H2,(H3-,16,17,18,19,21,22);/q-1;+1. The van der Waals surface area contributed by atoms with Crippen molar-refractivity contribution < 1.29 is 60.9 Å². The first-order chi connectivity index (χ1) is 10.7. The van der Waals surface area contributed by atoms with Crippen molar-refractivity contribution in [3.8, 4) is 16.9 Å². The zero-order chi connectivity index (χ0) is 15.8. The summed E-state index contributed by atoms with van der Waals surface area (Å²) in [5.41, 5.74) is 7.00. The van der Waals surface area contributed by atoms with Crippen LogP contribution in [-0.4, -0.2) is 17.6 Å². The monoisotopic (exact) mass is 371 g/mol. The van der Waals surface area contributed by atoms with Gasteiger partial charge in [-0.25, -0.2) is 0 Å². The maximum absolute atomic E-state index is 11.5. The Kier molecular flexibility index (Phi) is 9.80. The third-order valence-corrected chi connectivity index (χ3v) is 3.28. The topological polar surface area (TPSA) is 62.4 Å². The third-order valence-electron chi connectivity index (χ3n) is 2.74. The average molecular weight is 372 g/mol. The van der Waals surface area contributed by atoms with Gasteiger partial charge in [0.1, 0.15) is 5.75 Å². The molecule has 2 aromatic carbocycles. The molecule has 0 unspecified atom stereocenters. The quantitative estimate of drug-likeness (QED) is 0.269. The van der Waals surface area contributed by atoms with Crippen LogP contribution < -0.4 is 71.7 Å². The minimum Gasteiger partial charge on any atom is -0.668 e. The van der Waals surface area contributed by atoms with Crippen LogP contribution in [0.2, 0.25) is 0 Å². The first-order valence-electron chi connectivity index (χ1n) is 6.44. The summed E-state index contributed by atoms with van der Waals surface area (Å²) in [7, 11) is 0. The van der Waals surface area contributed by atoms with E-state index in [4.69, 9.17) is 17.0 Å². The number of carbonyl (C=O) groups excluding carboxylic acids is 1. The van der Waals surface area contributed by atoms with Crippen LogP contribution in [0.25, 0.3) is 11.1 Å². The van der Waals surface area contributed by atoms with E-state index >= 15 is 0 Å². The molecule has 23 heavy (non-hydrogen) atoms. The molecule has 0 saturated heterocycles. The fourth-order valence-electron chi connectivity index (χ4n) is 1.71. The van der Waals surface area contributed by atoms with Gasteiger partial charge in [0.05, 0.1) is 0 Å². The number of ether oxygens (including phenoxy) is 1. The Balaban J connectivity index is 0.00000264. The van der Waals surface area contributed by atoms with E-state index in [1.54, 1.807) is 0 Å². The number of benzene rings is 2. The predicted molar refractivity (Wildman–Crippen MR) is 91.8 cm³/mol. The summed E-state index contributed by atoms with van der Waals surface area (Å²) in [6, 6.07) is 17.5. The van der Waals surface area contributed by atoms with E-state index < -0.39 is 0 Å². The number of hydrogen-bond acceptors (Lipinski definition) is 4. The SMILES string of the molecule is O=C(COc1ccc(-c2ccccc2)cc1)NNC(=S)N[S-].[K+]. The molecular weight excluding hydrogens is 357 g/mol. The molecule has 1 amide bonds. The fourth-order valence-corrected chi connectivity index (χ4v) is 1.81. The van der Waals surface area contributed by atoms with Crippen LogP contribution in [0.5, 0.6) is 5.75 Å². The summed E-state index contributed by atoms with van der Waals surface area (Å²) in [6.07, 6.45) is 0. The molecule has 8 heteroatoms. The van der Waals surface area contributed by atoms with Gasteiger partial charge in [-0.05, 0) is 35.5 Å². The number of amides is 1. The number of nitrogens with one attached hydrogen (secondary N) is 3. The van der Waals surface area contributed by atoms with E-state index in [9.17, 15) is 4.79 Å². The molecule has 0 radical (unpaired) electrons. The van der Waals surface area contributed by atoms with Crippen LogP contribution in [0.15, 0.2) is 54.6 Å². The molecular formula is C15H14KN3O2S2. The van der Waals surface area contributed by atoms with Gasteiger partial charge in [-0.15, -0.1) is 0 Å². The molecule has 0 aliphatic carbocycles. The van der Waals surface area contributed by atoms with Crippen molar-refractivity contribution >= 4 is 36.1 Å². The Morgan fingerprint density at radius 3 is 2.22 bits per heavy atom. The van der Waals surface area contributed by atoms with Gasteiger partial charge in [0.15, 0.2) is 11.7 Å². The van der Waals surface area contributed by atoms with Crippen LogP contribution in [0.4, 0.5) is 0 Å². The molecule has 0 aromatic heterocycles. The number of hydrazine groups is 1. The summed E-state index contributed by atoms with van der Waals surface area (Å²) in [5, 5.41) is 0.149. The Hall–Kier alpha value is -0.614. The summed E-state index contributed by atoms with van der Waals surface area (Å²) in [4.78, 5) is 11.5. The number of carbonyl (C=O) groups is 1. The minimum absolute atomic E-state index is 0. The second-order valence-corrected chi connectivity index (χ2v) is 4.90. The molecule has 0 aliphatic rings. The van der Waals surface area contributed by atoms with Gasteiger partial charge >= 0.3 is 51.4 Å². The van der Waals surface area contributed by atoms with Gasteiger partial charge < -0.3 is 22.3 Å². The van der Waals surface area contributed by atoms with Crippen LogP contribution in [-0.2, 0) is 17.6 Å². The van der Waals surface area contributed by atoms with Gasteiger partial charge in [-0.1, -0.05) is 42.5 Å². The largest absolute Gasteiger partial charge is 1.00 e. The van der Waals surface area contributed by atoms with Crippen LogP contribution >= 0.6 is 12.2 Å².